The highest BCUT2D eigenvalue weighted by Crippen LogP contribution is 2.63. The SMILES string of the molecule is CC12CCC(F)(F)C3=CC(B4OCCO4)C=CC(=C31)C1=C2C[C@H](B2OCCO2)C=C1. The van der Waals surface area contributed by atoms with E-state index in [1.54, 1.807) is 6.08 Å². The molecule has 156 valence electrons. The predicted octanol–water partition coefficient (Wildman–Crippen LogP) is 4.30. The Hall–Kier alpha value is -1.47. The van der Waals surface area contributed by atoms with E-state index in [1.807, 2.05) is 12.2 Å². The van der Waals surface area contributed by atoms with Gasteiger partial charge in [-0.15, -0.1) is 0 Å². The quantitative estimate of drug-likeness (QED) is 0.635. The maximum absolute atomic E-state index is 15.2. The van der Waals surface area contributed by atoms with E-state index < -0.39 is 18.5 Å². The monoisotopic (exact) mass is 412 g/mol. The lowest BCUT2D eigenvalue weighted by Gasteiger charge is -2.42. The fourth-order valence-electron chi connectivity index (χ4n) is 5.95. The van der Waals surface area contributed by atoms with Crippen molar-refractivity contribution in [2.45, 2.75) is 43.7 Å². The van der Waals surface area contributed by atoms with Gasteiger partial charge in [0.1, 0.15) is 0 Å². The number of alkyl halides is 2. The Bertz CT molecular complexity index is 925. The van der Waals surface area contributed by atoms with Crippen LogP contribution in [0.2, 0.25) is 11.6 Å². The van der Waals surface area contributed by atoms with Crippen molar-refractivity contribution < 1.29 is 27.4 Å². The van der Waals surface area contributed by atoms with Gasteiger partial charge in [-0.05, 0) is 29.6 Å². The summed E-state index contributed by atoms with van der Waals surface area (Å²) in [7, 11) is -0.731. The first-order chi connectivity index (χ1) is 14.5. The molecule has 4 nitrogen and oxygen atoms in total. The molecule has 2 saturated heterocycles. The van der Waals surface area contributed by atoms with Gasteiger partial charge >= 0.3 is 14.2 Å². The van der Waals surface area contributed by atoms with Crippen LogP contribution < -0.4 is 0 Å². The lowest BCUT2D eigenvalue weighted by Crippen LogP contribution is -2.37. The molecule has 6 aliphatic rings. The fourth-order valence-corrected chi connectivity index (χ4v) is 5.95. The van der Waals surface area contributed by atoms with Crippen molar-refractivity contribution in [3.05, 3.63) is 58.2 Å². The van der Waals surface area contributed by atoms with Crippen LogP contribution in [0.5, 0.6) is 0 Å². The average Bonchev–Trinajstić information content (AvgIpc) is 3.46. The molecule has 0 aromatic rings. The van der Waals surface area contributed by atoms with E-state index >= 15 is 8.78 Å². The molecule has 0 bridgehead atoms. The Morgan fingerprint density at radius 1 is 0.900 bits per heavy atom. The molecule has 0 radical (unpaired) electrons. The minimum absolute atomic E-state index is 0.124. The molecule has 2 unspecified atom stereocenters. The molecule has 3 atom stereocenters. The molecule has 2 aliphatic heterocycles. The minimum Gasteiger partial charge on any atom is -0.408 e. The summed E-state index contributed by atoms with van der Waals surface area (Å²) >= 11 is 0. The summed E-state index contributed by atoms with van der Waals surface area (Å²) in [6.45, 7) is 4.37. The van der Waals surface area contributed by atoms with Gasteiger partial charge in [0.25, 0.3) is 5.92 Å². The van der Waals surface area contributed by atoms with Crippen LogP contribution in [-0.4, -0.2) is 46.6 Å². The zero-order chi connectivity index (χ0) is 20.5. The second-order valence-corrected chi connectivity index (χ2v) is 9.18. The summed E-state index contributed by atoms with van der Waals surface area (Å²) in [4.78, 5) is 0. The van der Waals surface area contributed by atoms with E-state index in [9.17, 15) is 0 Å². The molecule has 2 heterocycles. The topological polar surface area (TPSA) is 36.9 Å². The normalized spacial score (nSPS) is 37.0. The van der Waals surface area contributed by atoms with Crippen LogP contribution in [0.25, 0.3) is 0 Å². The van der Waals surface area contributed by atoms with Crippen LogP contribution in [-0.2, 0) is 18.6 Å². The number of allylic oxidation sites excluding steroid dienone is 10. The summed E-state index contributed by atoms with van der Waals surface area (Å²) in [5.41, 5.74) is 3.83. The van der Waals surface area contributed by atoms with E-state index in [0.717, 1.165) is 23.1 Å². The summed E-state index contributed by atoms with van der Waals surface area (Å²) in [6.07, 6.45) is 11.0. The number of hydrogen-bond donors (Lipinski definition) is 0. The van der Waals surface area contributed by atoms with Crippen molar-refractivity contribution in [2.24, 2.45) is 5.41 Å². The van der Waals surface area contributed by atoms with Gasteiger partial charge in [-0.3, -0.25) is 0 Å². The third-order valence-electron chi connectivity index (χ3n) is 7.46. The molecule has 0 aromatic heterocycles. The first kappa shape index (κ1) is 19.2. The largest absolute Gasteiger partial charge is 0.468 e. The van der Waals surface area contributed by atoms with E-state index in [1.165, 1.54) is 5.57 Å². The van der Waals surface area contributed by atoms with E-state index in [4.69, 9.17) is 18.6 Å². The molecular formula is C22H24B2F2O4. The maximum Gasteiger partial charge on any atom is 0.468 e. The van der Waals surface area contributed by atoms with Gasteiger partial charge in [-0.2, -0.15) is 0 Å². The molecule has 1 saturated carbocycles. The molecule has 30 heavy (non-hydrogen) atoms. The Morgan fingerprint density at radius 3 is 2.30 bits per heavy atom. The van der Waals surface area contributed by atoms with Gasteiger partial charge in [-0.1, -0.05) is 42.9 Å². The zero-order valence-electron chi connectivity index (χ0n) is 17.0. The number of halogens is 2. The smallest absolute Gasteiger partial charge is 0.408 e. The highest BCUT2D eigenvalue weighted by atomic mass is 19.3. The molecule has 0 spiro atoms. The Labute approximate surface area is 175 Å². The van der Waals surface area contributed by atoms with Gasteiger partial charge < -0.3 is 18.6 Å². The van der Waals surface area contributed by atoms with Gasteiger partial charge in [0, 0.05) is 29.0 Å². The van der Waals surface area contributed by atoms with E-state index in [2.05, 4.69) is 19.1 Å². The molecule has 0 N–H and O–H groups in total. The zero-order valence-corrected chi connectivity index (χ0v) is 17.0. The molecule has 6 rings (SSSR count). The van der Waals surface area contributed by atoms with Crippen molar-refractivity contribution in [3.8, 4) is 0 Å². The number of fused-ring (bicyclic) bond motifs is 2. The van der Waals surface area contributed by atoms with Crippen molar-refractivity contribution in [2.75, 3.05) is 26.4 Å². The van der Waals surface area contributed by atoms with Crippen LogP contribution in [0, 0.1) is 5.41 Å². The average molecular weight is 412 g/mol. The summed E-state index contributed by atoms with van der Waals surface area (Å²) < 4.78 is 53.2. The van der Waals surface area contributed by atoms with Crippen molar-refractivity contribution >= 4 is 14.2 Å². The lowest BCUT2D eigenvalue weighted by atomic mass is 9.59. The third-order valence-corrected chi connectivity index (χ3v) is 7.46. The number of rotatable bonds is 2. The van der Waals surface area contributed by atoms with Gasteiger partial charge in [0.2, 0.25) is 0 Å². The van der Waals surface area contributed by atoms with Crippen molar-refractivity contribution in [1.29, 1.82) is 0 Å². The Morgan fingerprint density at radius 2 is 1.57 bits per heavy atom. The highest BCUT2D eigenvalue weighted by molar-refractivity contribution is 6.48. The van der Waals surface area contributed by atoms with Crippen LogP contribution in [0.4, 0.5) is 8.78 Å². The fraction of sp³-hybridized carbons (Fsp3) is 0.545. The highest BCUT2D eigenvalue weighted by Gasteiger charge is 2.56. The number of hydrogen-bond acceptors (Lipinski definition) is 4. The van der Waals surface area contributed by atoms with Gasteiger partial charge in [0.05, 0.1) is 26.4 Å². The second kappa shape index (κ2) is 6.76. The Balaban J connectivity index is 1.42. The second-order valence-electron chi connectivity index (χ2n) is 9.18. The van der Waals surface area contributed by atoms with E-state index in [0.29, 0.717) is 32.8 Å². The maximum atomic E-state index is 15.2. The summed E-state index contributed by atoms with van der Waals surface area (Å²) in [5, 5.41) is 0. The molecule has 3 fully saturated rings. The third kappa shape index (κ3) is 2.73. The van der Waals surface area contributed by atoms with Crippen LogP contribution in [0.3, 0.4) is 0 Å². The van der Waals surface area contributed by atoms with Crippen LogP contribution in [0.1, 0.15) is 26.2 Å². The molecule has 4 aliphatic carbocycles. The van der Waals surface area contributed by atoms with Crippen LogP contribution >= 0.6 is 0 Å². The molecule has 8 heteroatoms. The Kier molecular flexibility index (Phi) is 4.34. The minimum atomic E-state index is -2.85. The molecular weight excluding hydrogens is 388 g/mol. The van der Waals surface area contributed by atoms with Crippen molar-refractivity contribution in [3.63, 3.8) is 0 Å². The van der Waals surface area contributed by atoms with Crippen LogP contribution in [0.15, 0.2) is 58.2 Å². The predicted molar refractivity (Wildman–Crippen MR) is 110 cm³/mol. The summed E-state index contributed by atoms with van der Waals surface area (Å²) in [5.74, 6) is -3.04. The van der Waals surface area contributed by atoms with E-state index in [-0.39, 0.29) is 30.7 Å². The molecule has 0 amide bonds. The summed E-state index contributed by atoms with van der Waals surface area (Å²) in [6, 6.07) is 0. The molecule has 0 aromatic carbocycles. The standard InChI is InChI=1S/C22H24B2F2O4/c1-21-6-7-22(25,26)19-13-15(24-29-10-11-30-24)3-5-17(20(19)21)16-4-2-14(12-18(16)21)23-27-8-9-28-23/h2-5,13-15H,6-12H2,1H3/t14-,15?,21?/m1/s1. The first-order valence-electron chi connectivity index (χ1n) is 10.9. The van der Waals surface area contributed by atoms with Gasteiger partial charge in [-0.25, -0.2) is 8.78 Å². The first-order valence-corrected chi connectivity index (χ1v) is 10.9. The van der Waals surface area contributed by atoms with Crippen molar-refractivity contribution in [1.82, 2.24) is 0 Å². The van der Waals surface area contributed by atoms with Gasteiger partial charge in [0.15, 0.2) is 0 Å². The lowest BCUT2D eigenvalue weighted by molar-refractivity contribution is 0.0105.